The summed E-state index contributed by atoms with van der Waals surface area (Å²) in [7, 11) is 3.11. The van der Waals surface area contributed by atoms with E-state index in [1.807, 2.05) is 51.2 Å². The number of carbonyl (C=O) groups is 6. The van der Waals surface area contributed by atoms with Crippen molar-refractivity contribution in [1.82, 2.24) is 10.2 Å². The Balaban J connectivity index is 1.50. The number of Topliss-reactive ketones (excluding diaryl/α,β-unsaturated/α-hetero) is 3. The molecule has 466 valence electrons. The molecule has 20 heteroatoms. The molecule has 0 aromatic heterocycles. The zero-order chi connectivity index (χ0) is 60.4. The number of aliphatic hydroxyl groups is 3. The molecule has 1 unspecified atom stereocenters. The number of nitrogens with one attached hydrogen (secondary N) is 1. The first-order valence-corrected chi connectivity index (χ1v) is 30.0. The second-order valence-electron chi connectivity index (χ2n) is 23.1. The first kappa shape index (κ1) is 70.3. The highest BCUT2D eigenvalue weighted by Gasteiger charge is 2.53. The molecule has 3 fully saturated rings. The van der Waals surface area contributed by atoms with Crippen LogP contribution in [0, 0.1) is 35.5 Å². The topological polar surface area (TPSA) is 261 Å². The van der Waals surface area contributed by atoms with Crippen molar-refractivity contribution >= 4 is 35.3 Å². The summed E-state index contributed by atoms with van der Waals surface area (Å²) < 4.78 is 52.0. The van der Waals surface area contributed by atoms with Crippen LogP contribution in [-0.4, -0.2) is 190 Å². The van der Waals surface area contributed by atoms with Crippen LogP contribution < -0.4 is 5.32 Å². The van der Waals surface area contributed by atoms with Crippen LogP contribution in [0.1, 0.15) is 139 Å². The van der Waals surface area contributed by atoms with Crippen LogP contribution in [0.3, 0.4) is 0 Å². The molecule has 0 aromatic carbocycles. The van der Waals surface area contributed by atoms with Gasteiger partial charge in [-0.3, -0.25) is 19.2 Å². The number of allylic oxidation sites excluding steroid dienone is 6. The van der Waals surface area contributed by atoms with E-state index in [1.165, 1.54) is 6.08 Å². The van der Waals surface area contributed by atoms with Crippen LogP contribution in [0.4, 0.5) is 4.79 Å². The lowest BCUT2D eigenvalue weighted by atomic mass is 9.78. The summed E-state index contributed by atoms with van der Waals surface area (Å²) in [6.07, 6.45) is 9.38. The first-order valence-electron chi connectivity index (χ1n) is 30.0. The van der Waals surface area contributed by atoms with E-state index >= 15 is 0 Å². The molecule has 2 amide bonds. The van der Waals surface area contributed by atoms with Gasteiger partial charge in [0.1, 0.15) is 36.2 Å². The molecule has 4 aliphatic rings. The van der Waals surface area contributed by atoms with E-state index in [1.54, 1.807) is 41.9 Å². The van der Waals surface area contributed by atoms with Crippen molar-refractivity contribution in [2.75, 3.05) is 80.2 Å². The second-order valence-corrected chi connectivity index (χ2v) is 23.1. The van der Waals surface area contributed by atoms with Gasteiger partial charge < -0.3 is 68.2 Å². The number of carbonyl (C=O) groups excluding carboxylic acids is 6. The molecule has 4 rings (SSSR count). The van der Waals surface area contributed by atoms with Crippen LogP contribution in [0.25, 0.3) is 0 Å². The van der Waals surface area contributed by atoms with Crippen LogP contribution in [-0.2, 0) is 66.6 Å². The van der Waals surface area contributed by atoms with Gasteiger partial charge in [-0.25, -0.2) is 9.59 Å². The van der Waals surface area contributed by atoms with E-state index in [9.17, 15) is 44.1 Å². The molecule has 1 aliphatic carbocycles. The molecule has 3 heterocycles. The van der Waals surface area contributed by atoms with Crippen molar-refractivity contribution in [1.29, 1.82) is 0 Å². The number of hydrogen-bond donors (Lipinski definition) is 4. The fraction of sp³-hybridized carbons (Fsp3) is 0.774. The predicted molar refractivity (Wildman–Crippen MR) is 306 cm³/mol. The molecule has 20 nitrogen and oxygen atoms in total. The average molecular weight is 1160 g/mol. The molecule has 15 atom stereocenters. The van der Waals surface area contributed by atoms with Crippen molar-refractivity contribution in [3.8, 4) is 0 Å². The fourth-order valence-corrected chi connectivity index (χ4v) is 11.3. The molecule has 0 aromatic rings. The summed E-state index contributed by atoms with van der Waals surface area (Å²) in [5, 5.41) is 37.1. The number of methoxy groups -OCH3 is 2. The summed E-state index contributed by atoms with van der Waals surface area (Å²) in [4.78, 5) is 85.2. The zero-order valence-corrected chi connectivity index (χ0v) is 50.7. The van der Waals surface area contributed by atoms with Crippen LogP contribution in [0.5, 0.6) is 0 Å². The monoisotopic (exact) mass is 1160 g/mol. The van der Waals surface area contributed by atoms with Crippen molar-refractivity contribution < 1.29 is 86.7 Å². The molecule has 3 aliphatic heterocycles. The third kappa shape index (κ3) is 22.3. The normalized spacial score (nSPS) is 34.4. The van der Waals surface area contributed by atoms with E-state index in [0.717, 1.165) is 16.9 Å². The van der Waals surface area contributed by atoms with Crippen molar-refractivity contribution in [3.05, 3.63) is 47.6 Å². The van der Waals surface area contributed by atoms with Gasteiger partial charge in [-0.15, -0.1) is 0 Å². The number of rotatable bonds is 20. The first-order chi connectivity index (χ1) is 39.1. The standard InChI is InChI=1S/C62H100N2O18/c1-11-26-76-28-30-78-32-33-79-31-29-77-27-24-63-61(72)81-51-23-21-47(37-54(51)75-10)36-43(5)53-39-50(65)42(4)35-45(7)56(67)57(68)55(66)44(6)34-40(2)17-13-12-14-18-41(3)52(74-9)38-48-22-20-46(8)62(73,82-48)58(69)59(70)64-25-16-15-19-49(64)60(71)80-53/h12-14,17-18,35,40,42-44,46-49,51-54,56-57,67-68,73H,11,15-16,19-34,36-39H2,1-10H3,(H,63,72)/b14-12+,17-13+,41-18+,45-35+/t40-,42-,43-,44?,46-,47+,48+,49+,51-,52+,53+,54-,56-,57+,62-/m1/s1. The Morgan fingerprint density at radius 2 is 1.45 bits per heavy atom. The minimum atomic E-state index is -2.47. The Bertz CT molecular complexity index is 2130. The lowest BCUT2D eigenvalue weighted by Gasteiger charge is -2.42. The number of ketones is 3. The smallest absolute Gasteiger partial charge is 0.407 e. The van der Waals surface area contributed by atoms with Crippen molar-refractivity contribution in [3.63, 3.8) is 0 Å². The summed E-state index contributed by atoms with van der Waals surface area (Å²) in [6.45, 7) is 18.2. The van der Waals surface area contributed by atoms with Crippen molar-refractivity contribution in [2.45, 2.75) is 193 Å². The molecule has 4 N–H and O–H groups in total. The van der Waals surface area contributed by atoms with Gasteiger partial charge in [-0.1, -0.05) is 78.0 Å². The number of amides is 2. The SMILES string of the molecule is CCCOCCOCCOCCOCCNC(=O)O[C@@H]1CC[C@@H](C[C@@H](C)[C@@H]2CC(=O)[C@H](C)/C=C(\C)[C@@H](O)[C@@H](O)C(=O)C(C)C[C@H](C)/C=C/C=C/C=C(\C)[C@@H](OC)C[C@@H]3CC[C@@H](C)[C@@](O)(O3)C(=O)C(=O)N3CCCC[C@H]3C(=O)O2)C[C@H]1OC. The maximum Gasteiger partial charge on any atom is 0.407 e. The maximum absolute atomic E-state index is 14.6. The zero-order valence-electron chi connectivity index (χ0n) is 50.7. The van der Waals surface area contributed by atoms with Gasteiger partial charge >= 0.3 is 12.1 Å². The van der Waals surface area contributed by atoms with Crippen molar-refractivity contribution in [2.24, 2.45) is 35.5 Å². The highest BCUT2D eigenvalue weighted by molar-refractivity contribution is 6.39. The van der Waals surface area contributed by atoms with Gasteiger partial charge in [0, 0.05) is 64.5 Å². The van der Waals surface area contributed by atoms with Crippen LogP contribution >= 0.6 is 0 Å². The van der Waals surface area contributed by atoms with E-state index in [-0.39, 0.29) is 62.2 Å². The Hall–Kier alpha value is -4.22. The van der Waals surface area contributed by atoms with E-state index < -0.39 is 108 Å². The number of ether oxygens (including phenoxy) is 9. The molecule has 0 radical (unpaired) electrons. The number of nitrogens with zero attached hydrogens (tertiary/aromatic N) is 1. The third-order valence-electron chi connectivity index (χ3n) is 16.5. The third-order valence-corrected chi connectivity index (χ3v) is 16.5. The van der Waals surface area contributed by atoms with E-state index in [0.29, 0.717) is 104 Å². The Kier molecular flexibility index (Phi) is 31.4. The minimum Gasteiger partial charge on any atom is -0.460 e. The molecule has 0 spiro atoms. The number of alkyl carbamates (subject to hydrolysis) is 1. The number of piperidine rings is 1. The summed E-state index contributed by atoms with van der Waals surface area (Å²) in [5.41, 5.74) is 1.07. The molecular weight excluding hydrogens is 1060 g/mol. The van der Waals surface area contributed by atoms with Crippen LogP contribution in [0.15, 0.2) is 47.6 Å². The molecule has 2 bridgehead atoms. The molecule has 82 heavy (non-hydrogen) atoms. The van der Waals surface area contributed by atoms with E-state index in [2.05, 4.69) is 12.2 Å². The van der Waals surface area contributed by atoms with E-state index in [4.69, 9.17) is 42.6 Å². The highest BCUT2D eigenvalue weighted by Crippen LogP contribution is 2.38. The lowest BCUT2D eigenvalue weighted by molar-refractivity contribution is -0.265. The largest absolute Gasteiger partial charge is 0.460 e. The average Bonchev–Trinajstić information content (AvgIpc) is 3.30. The van der Waals surface area contributed by atoms with Gasteiger partial charge in [0.15, 0.2) is 5.78 Å². The molecule has 1 saturated carbocycles. The number of cyclic esters (lactones) is 1. The lowest BCUT2D eigenvalue weighted by Crippen LogP contribution is -2.61. The van der Waals surface area contributed by atoms with Gasteiger partial charge in [0.05, 0.1) is 64.6 Å². The molecular formula is C62H100N2O18. The van der Waals surface area contributed by atoms with Crippen LogP contribution in [0.2, 0.25) is 0 Å². The number of aliphatic hydroxyl groups excluding tert-OH is 2. The quantitative estimate of drug-likeness (QED) is 0.0426. The molecule has 2 saturated heterocycles. The Morgan fingerprint density at radius 1 is 0.780 bits per heavy atom. The maximum atomic E-state index is 14.6. The Labute approximate surface area is 487 Å². The van der Waals surface area contributed by atoms with Gasteiger partial charge in [0.2, 0.25) is 5.79 Å². The second kappa shape index (κ2) is 36.6. The summed E-state index contributed by atoms with van der Waals surface area (Å²) in [5.74, 6) is -9.08. The predicted octanol–water partition coefficient (Wildman–Crippen LogP) is 6.74. The minimum absolute atomic E-state index is 0.00761. The highest BCUT2D eigenvalue weighted by atomic mass is 16.6. The Morgan fingerprint density at radius 3 is 2.11 bits per heavy atom. The van der Waals surface area contributed by atoms with Gasteiger partial charge in [-0.05, 0) is 113 Å². The van der Waals surface area contributed by atoms with Gasteiger partial charge in [-0.2, -0.15) is 0 Å². The number of fused-ring (bicyclic) bond motifs is 3. The number of hydrogen-bond acceptors (Lipinski definition) is 18. The number of esters is 1. The summed E-state index contributed by atoms with van der Waals surface area (Å²) in [6, 6.07) is -1.20. The summed E-state index contributed by atoms with van der Waals surface area (Å²) >= 11 is 0. The fourth-order valence-electron chi connectivity index (χ4n) is 11.3. The van der Waals surface area contributed by atoms with Gasteiger partial charge in [0.25, 0.3) is 11.7 Å².